The average Bonchev–Trinajstić information content (AvgIpc) is 2.25. The SMILES string of the molecule is CC1=CP(=O)(c2ccccc2C)CC=C1Cl. The Morgan fingerprint density at radius 2 is 1.94 bits per heavy atom. The van der Waals surface area contributed by atoms with E-state index in [0.29, 0.717) is 6.16 Å². The number of hydrogen-bond acceptors (Lipinski definition) is 1. The predicted octanol–water partition coefficient (Wildman–Crippen LogP) is 4.02. The van der Waals surface area contributed by atoms with Crippen LogP contribution in [-0.2, 0) is 4.57 Å². The lowest BCUT2D eigenvalue weighted by Crippen LogP contribution is -2.11. The Labute approximate surface area is 101 Å². The molecule has 0 spiro atoms. The molecule has 1 aliphatic rings. The minimum absolute atomic E-state index is 0.536. The Morgan fingerprint density at radius 1 is 1.25 bits per heavy atom. The molecule has 0 bridgehead atoms. The Hall–Kier alpha value is -0.780. The molecule has 0 radical (unpaired) electrons. The van der Waals surface area contributed by atoms with Crippen LogP contribution in [0.25, 0.3) is 0 Å². The molecule has 0 fully saturated rings. The summed E-state index contributed by atoms with van der Waals surface area (Å²) < 4.78 is 12.8. The predicted molar refractivity (Wildman–Crippen MR) is 71.0 cm³/mol. The second-order valence-corrected chi connectivity index (χ2v) is 7.23. The largest absolute Gasteiger partial charge is 0.314 e. The van der Waals surface area contributed by atoms with Crippen LogP contribution in [0.3, 0.4) is 0 Å². The van der Waals surface area contributed by atoms with Gasteiger partial charge < -0.3 is 4.57 Å². The Kier molecular flexibility index (Phi) is 3.10. The van der Waals surface area contributed by atoms with Crippen molar-refractivity contribution in [3.05, 3.63) is 52.3 Å². The van der Waals surface area contributed by atoms with E-state index in [1.807, 2.05) is 50.0 Å². The highest BCUT2D eigenvalue weighted by atomic mass is 35.5. The molecular weight excluding hydrogens is 239 g/mol. The van der Waals surface area contributed by atoms with Gasteiger partial charge in [0.2, 0.25) is 0 Å². The second kappa shape index (κ2) is 4.24. The molecule has 1 heterocycles. The summed E-state index contributed by atoms with van der Waals surface area (Å²) in [4.78, 5) is 0. The van der Waals surface area contributed by atoms with Crippen molar-refractivity contribution in [3.63, 3.8) is 0 Å². The first kappa shape index (κ1) is 11.7. The quantitative estimate of drug-likeness (QED) is 0.690. The Morgan fingerprint density at radius 3 is 2.56 bits per heavy atom. The summed E-state index contributed by atoms with van der Waals surface area (Å²) in [5.74, 6) is 1.84. The van der Waals surface area contributed by atoms with Gasteiger partial charge in [0.25, 0.3) is 0 Å². The van der Waals surface area contributed by atoms with Crippen molar-refractivity contribution in [2.75, 3.05) is 6.16 Å². The van der Waals surface area contributed by atoms with Crippen LogP contribution in [0.1, 0.15) is 12.5 Å². The fourth-order valence-corrected chi connectivity index (χ4v) is 4.94. The molecule has 3 heteroatoms. The van der Waals surface area contributed by atoms with Crippen molar-refractivity contribution in [2.45, 2.75) is 13.8 Å². The van der Waals surface area contributed by atoms with Crippen LogP contribution in [0.2, 0.25) is 0 Å². The lowest BCUT2D eigenvalue weighted by Gasteiger charge is -2.20. The smallest absolute Gasteiger partial charge is 0.140 e. The van der Waals surface area contributed by atoms with E-state index in [9.17, 15) is 4.57 Å². The zero-order valence-electron chi connectivity index (χ0n) is 9.40. The van der Waals surface area contributed by atoms with E-state index in [4.69, 9.17) is 11.6 Å². The number of rotatable bonds is 1. The van der Waals surface area contributed by atoms with Crippen molar-refractivity contribution >= 4 is 24.0 Å². The van der Waals surface area contributed by atoms with Crippen molar-refractivity contribution < 1.29 is 4.57 Å². The zero-order valence-corrected chi connectivity index (χ0v) is 11.1. The van der Waals surface area contributed by atoms with Gasteiger partial charge in [-0.3, -0.25) is 0 Å². The molecule has 1 atom stereocenters. The monoisotopic (exact) mass is 252 g/mol. The molecule has 84 valence electrons. The minimum atomic E-state index is -2.42. The molecule has 0 aromatic heterocycles. The number of allylic oxidation sites excluding steroid dienone is 3. The van der Waals surface area contributed by atoms with Crippen LogP contribution in [-0.4, -0.2) is 6.16 Å². The van der Waals surface area contributed by atoms with Crippen LogP contribution < -0.4 is 5.30 Å². The van der Waals surface area contributed by atoms with Crippen molar-refractivity contribution in [1.29, 1.82) is 0 Å². The maximum absolute atomic E-state index is 12.8. The van der Waals surface area contributed by atoms with Gasteiger partial charge in [0, 0.05) is 16.5 Å². The number of hydrogen-bond donors (Lipinski definition) is 0. The van der Waals surface area contributed by atoms with E-state index in [2.05, 4.69) is 0 Å². The Balaban J connectivity index is 2.51. The second-order valence-electron chi connectivity index (χ2n) is 4.13. The van der Waals surface area contributed by atoms with E-state index < -0.39 is 7.14 Å². The molecule has 0 amide bonds. The average molecular weight is 253 g/mol. The maximum Gasteiger partial charge on any atom is 0.140 e. The summed E-state index contributed by atoms with van der Waals surface area (Å²) in [7, 11) is -2.42. The van der Waals surface area contributed by atoms with Crippen LogP contribution in [0, 0.1) is 6.92 Å². The highest BCUT2D eigenvalue weighted by molar-refractivity contribution is 7.74. The normalized spacial score (nSPS) is 24.9. The molecule has 0 aliphatic carbocycles. The third-order valence-electron chi connectivity index (χ3n) is 2.84. The summed E-state index contributed by atoms with van der Waals surface area (Å²) >= 11 is 5.99. The third-order valence-corrected chi connectivity index (χ3v) is 6.14. The van der Waals surface area contributed by atoms with Gasteiger partial charge in [-0.2, -0.15) is 0 Å². The number of halogens is 1. The van der Waals surface area contributed by atoms with Crippen LogP contribution in [0.5, 0.6) is 0 Å². The highest BCUT2D eigenvalue weighted by Gasteiger charge is 2.26. The van der Waals surface area contributed by atoms with Gasteiger partial charge in [-0.25, -0.2) is 0 Å². The summed E-state index contributed by atoms with van der Waals surface area (Å²) in [5.41, 5.74) is 2.00. The first-order chi connectivity index (χ1) is 7.53. The van der Waals surface area contributed by atoms with E-state index in [1.165, 1.54) is 0 Å². The van der Waals surface area contributed by atoms with Gasteiger partial charge in [0.05, 0.1) is 0 Å². The van der Waals surface area contributed by atoms with E-state index in [1.54, 1.807) is 0 Å². The molecule has 0 N–H and O–H groups in total. The molecule has 0 saturated carbocycles. The van der Waals surface area contributed by atoms with E-state index >= 15 is 0 Å². The van der Waals surface area contributed by atoms with E-state index in [0.717, 1.165) is 21.5 Å². The van der Waals surface area contributed by atoms with Crippen molar-refractivity contribution in [1.82, 2.24) is 0 Å². The van der Waals surface area contributed by atoms with Crippen molar-refractivity contribution in [3.8, 4) is 0 Å². The van der Waals surface area contributed by atoms with Crippen LogP contribution in [0.4, 0.5) is 0 Å². The lowest BCUT2D eigenvalue weighted by molar-refractivity contribution is 0.588. The lowest BCUT2D eigenvalue weighted by atomic mass is 10.2. The first-order valence-electron chi connectivity index (χ1n) is 5.23. The van der Waals surface area contributed by atoms with Gasteiger partial charge in [0.15, 0.2) is 0 Å². The molecule has 16 heavy (non-hydrogen) atoms. The molecule has 2 rings (SSSR count). The fraction of sp³-hybridized carbons (Fsp3) is 0.231. The highest BCUT2D eigenvalue weighted by Crippen LogP contribution is 2.51. The summed E-state index contributed by atoms with van der Waals surface area (Å²) in [6, 6.07) is 7.85. The minimum Gasteiger partial charge on any atom is -0.314 e. The molecule has 1 nitrogen and oxygen atoms in total. The van der Waals surface area contributed by atoms with Gasteiger partial charge in [-0.1, -0.05) is 41.9 Å². The molecule has 1 aromatic carbocycles. The van der Waals surface area contributed by atoms with Gasteiger partial charge in [0.1, 0.15) is 7.14 Å². The third kappa shape index (κ3) is 2.03. The molecule has 1 aliphatic heterocycles. The number of aryl methyl sites for hydroxylation is 1. The van der Waals surface area contributed by atoms with Gasteiger partial charge >= 0.3 is 0 Å². The number of benzene rings is 1. The van der Waals surface area contributed by atoms with Gasteiger partial charge in [-0.15, -0.1) is 0 Å². The van der Waals surface area contributed by atoms with Crippen LogP contribution in [0.15, 0.2) is 46.8 Å². The van der Waals surface area contributed by atoms with Crippen LogP contribution >= 0.6 is 18.7 Å². The molecule has 0 saturated heterocycles. The molecule has 1 unspecified atom stereocenters. The summed E-state index contributed by atoms with van der Waals surface area (Å²) in [6.45, 7) is 3.90. The van der Waals surface area contributed by atoms with Crippen molar-refractivity contribution in [2.24, 2.45) is 0 Å². The summed E-state index contributed by atoms with van der Waals surface area (Å²) in [6.07, 6.45) is 2.40. The molecule has 1 aromatic rings. The van der Waals surface area contributed by atoms with Gasteiger partial charge in [-0.05, 0) is 30.8 Å². The fourth-order valence-electron chi connectivity index (χ4n) is 1.96. The standard InChI is InChI=1S/C13H14ClOP/c1-10-5-3-4-6-13(10)16(15)8-7-12(14)11(2)9-16/h3-7,9H,8H2,1-2H3. The topological polar surface area (TPSA) is 17.1 Å². The maximum atomic E-state index is 12.8. The van der Waals surface area contributed by atoms with E-state index in [-0.39, 0.29) is 0 Å². The first-order valence-corrected chi connectivity index (χ1v) is 7.57. The summed E-state index contributed by atoms with van der Waals surface area (Å²) in [5, 5.41) is 1.68. The zero-order chi connectivity index (χ0) is 11.8. The Bertz CT molecular complexity index is 528. The molecular formula is C13H14ClOP.